The van der Waals surface area contributed by atoms with Gasteiger partial charge in [0.2, 0.25) is 0 Å². The molecule has 3 N–H and O–H groups in total. The molecular formula is C15H22N4O2. The summed E-state index contributed by atoms with van der Waals surface area (Å²) in [5.74, 6) is 0.871. The summed E-state index contributed by atoms with van der Waals surface area (Å²) < 4.78 is 5.46. The minimum Gasteiger partial charge on any atom is -0.496 e. The molecule has 2 heterocycles. The molecule has 114 valence electrons. The molecule has 2 saturated heterocycles. The Balaban J connectivity index is 1.79. The first-order chi connectivity index (χ1) is 10.2. The number of hydrogen-bond donors (Lipinski definition) is 2. The number of rotatable bonds is 4. The lowest BCUT2D eigenvalue weighted by molar-refractivity contribution is 0.0894. The van der Waals surface area contributed by atoms with E-state index in [0.717, 1.165) is 37.5 Å². The lowest BCUT2D eigenvalue weighted by atomic mass is 10.0. The van der Waals surface area contributed by atoms with Crippen LogP contribution in [0.15, 0.2) is 24.3 Å². The number of nitrogens with zero attached hydrogens (tertiary/aromatic N) is 2. The molecule has 0 bridgehead atoms. The van der Waals surface area contributed by atoms with Gasteiger partial charge in [-0.2, -0.15) is 0 Å². The molecule has 1 aromatic rings. The molecule has 2 amide bonds. The number of piperazine rings is 1. The average molecular weight is 290 g/mol. The van der Waals surface area contributed by atoms with E-state index in [4.69, 9.17) is 10.5 Å². The summed E-state index contributed by atoms with van der Waals surface area (Å²) in [6.45, 7) is 3.69. The van der Waals surface area contributed by atoms with Gasteiger partial charge in [-0.25, -0.2) is 4.79 Å². The van der Waals surface area contributed by atoms with E-state index in [0.29, 0.717) is 6.54 Å². The molecule has 2 aliphatic heterocycles. The number of methoxy groups -OCH3 is 1. The Kier molecular flexibility index (Phi) is 3.98. The summed E-state index contributed by atoms with van der Waals surface area (Å²) in [6.07, 6.45) is 0. The van der Waals surface area contributed by atoms with E-state index in [9.17, 15) is 4.79 Å². The van der Waals surface area contributed by atoms with Gasteiger partial charge in [0.05, 0.1) is 19.2 Å². The van der Waals surface area contributed by atoms with Gasteiger partial charge in [-0.15, -0.1) is 0 Å². The minimum atomic E-state index is 0.0567. The van der Waals surface area contributed by atoms with E-state index in [1.807, 2.05) is 23.1 Å². The summed E-state index contributed by atoms with van der Waals surface area (Å²) in [7, 11) is 1.68. The number of fused-ring (bicyclic) bond motifs is 1. The van der Waals surface area contributed by atoms with Crippen LogP contribution >= 0.6 is 0 Å². The number of amides is 2. The molecule has 2 fully saturated rings. The predicted octanol–water partition coefficient (Wildman–Crippen LogP) is 0.404. The van der Waals surface area contributed by atoms with Crippen LogP contribution in [0.1, 0.15) is 11.6 Å². The van der Waals surface area contributed by atoms with Gasteiger partial charge in [-0.05, 0) is 6.07 Å². The Labute approximate surface area is 124 Å². The minimum absolute atomic E-state index is 0.0567. The van der Waals surface area contributed by atoms with Crippen molar-refractivity contribution < 1.29 is 9.53 Å². The van der Waals surface area contributed by atoms with Crippen molar-refractivity contribution in [1.82, 2.24) is 15.1 Å². The number of ether oxygens (including phenoxy) is 1. The van der Waals surface area contributed by atoms with Gasteiger partial charge < -0.3 is 20.7 Å². The zero-order chi connectivity index (χ0) is 14.8. The third-order valence-corrected chi connectivity index (χ3v) is 4.43. The zero-order valence-corrected chi connectivity index (χ0v) is 12.3. The second kappa shape index (κ2) is 5.91. The molecular weight excluding hydrogens is 268 g/mol. The van der Waals surface area contributed by atoms with Gasteiger partial charge in [0.25, 0.3) is 0 Å². The molecule has 21 heavy (non-hydrogen) atoms. The highest BCUT2D eigenvalue weighted by atomic mass is 16.5. The summed E-state index contributed by atoms with van der Waals surface area (Å²) in [4.78, 5) is 16.0. The second-order valence-electron chi connectivity index (χ2n) is 5.52. The van der Waals surface area contributed by atoms with Gasteiger partial charge in [-0.1, -0.05) is 18.2 Å². The van der Waals surface area contributed by atoms with Crippen LogP contribution in [-0.4, -0.2) is 61.7 Å². The fourth-order valence-corrected chi connectivity index (χ4v) is 3.33. The topological polar surface area (TPSA) is 70.8 Å². The molecule has 6 heteroatoms. The molecule has 0 aliphatic carbocycles. The standard InChI is InChI=1S/C15H22N4O2/c1-21-14-5-3-2-4-12(14)13(8-16)18-6-7-19-11(10-18)9-17-15(19)20/h2-5,11,13H,6-10,16H2,1H3,(H,17,20). The number of carbonyl (C=O) groups excluding carboxylic acids is 1. The van der Waals surface area contributed by atoms with Crippen molar-refractivity contribution in [1.29, 1.82) is 0 Å². The van der Waals surface area contributed by atoms with Crippen LogP contribution in [0.2, 0.25) is 0 Å². The maximum absolute atomic E-state index is 11.7. The summed E-state index contributed by atoms with van der Waals surface area (Å²) >= 11 is 0. The Morgan fingerprint density at radius 2 is 2.24 bits per heavy atom. The van der Waals surface area contributed by atoms with Crippen LogP contribution in [-0.2, 0) is 0 Å². The van der Waals surface area contributed by atoms with E-state index < -0.39 is 0 Å². The van der Waals surface area contributed by atoms with Crippen molar-refractivity contribution in [2.45, 2.75) is 12.1 Å². The van der Waals surface area contributed by atoms with Crippen molar-refractivity contribution in [2.24, 2.45) is 5.73 Å². The smallest absolute Gasteiger partial charge is 0.317 e. The van der Waals surface area contributed by atoms with Crippen LogP contribution in [0, 0.1) is 0 Å². The largest absolute Gasteiger partial charge is 0.496 e. The van der Waals surface area contributed by atoms with Crippen LogP contribution in [0.4, 0.5) is 4.79 Å². The molecule has 2 aliphatic rings. The van der Waals surface area contributed by atoms with Gasteiger partial charge in [0.15, 0.2) is 0 Å². The number of benzene rings is 1. The number of para-hydroxylation sites is 1. The van der Waals surface area contributed by atoms with Crippen LogP contribution in [0.5, 0.6) is 5.75 Å². The highest BCUT2D eigenvalue weighted by molar-refractivity contribution is 5.77. The fraction of sp³-hybridized carbons (Fsp3) is 0.533. The molecule has 2 unspecified atom stereocenters. The first-order valence-corrected chi connectivity index (χ1v) is 7.36. The second-order valence-corrected chi connectivity index (χ2v) is 5.52. The number of nitrogens with two attached hydrogens (primary N) is 1. The van der Waals surface area contributed by atoms with Gasteiger partial charge in [-0.3, -0.25) is 4.90 Å². The maximum atomic E-state index is 11.7. The van der Waals surface area contributed by atoms with Crippen molar-refractivity contribution in [3.8, 4) is 5.75 Å². The SMILES string of the molecule is COc1ccccc1C(CN)N1CCN2C(=O)NCC2C1. The fourth-order valence-electron chi connectivity index (χ4n) is 3.33. The van der Waals surface area contributed by atoms with Crippen LogP contribution in [0.3, 0.4) is 0 Å². The third kappa shape index (κ3) is 2.56. The lowest BCUT2D eigenvalue weighted by Crippen LogP contribution is -2.53. The van der Waals surface area contributed by atoms with E-state index >= 15 is 0 Å². The average Bonchev–Trinajstić information content (AvgIpc) is 2.89. The highest BCUT2D eigenvalue weighted by Gasteiger charge is 2.37. The van der Waals surface area contributed by atoms with Gasteiger partial charge in [0, 0.05) is 38.3 Å². The number of nitrogens with one attached hydrogen (secondary N) is 1. The first kappa shape index (κ1) is 14.2. The number of urea groups is 1. The van der Waals surface area contributed by atoms with Crippen molar-refractivity contribution in [3.05, 3.63) is 29.8 Å². The van der Waals surface area contributed by atoms with E-state index in [-0.39, 0.29) is 18.1 Å². The molecule has 0 saturated carbocycles. The Hall–Kier alpha value is -1.79. The zero-order valence-electron chi connectivity index (χ0n) is 12.3. The lowest BCUT2D eigenvalue weighted by Gasteiger charge is -2.40. The van der Waals surface area contributed by atoms with Crippen LogP contribution < -0.4 is 15.8 Å². The predicted molar refractivity (Wildman–Crippen MR) is 80.3 cm³/mol. The number of carbonyl (C=O) groups is 1. The van der Waals surface area contributed by atoms with E-state index in [1.165, 1.54) is 0 Å². The number of hydrogen-bond acceptors (Lipinski definition) is 4. The molecule has 0 spiro atoms. The van der Waals surface area contributed by atoms with E-state index in [1.54, 1.807) is 7.11 Å². The summed E-state index contributed by atoms with van der Waals surface area (Å²) in [6, 6.07) is 8.44. The van der Waals surface area contributed by atoms with E-state index in [2.05, 4.69) is 16.3 Å². The van der Waals surface area contributed by atoms with Gasteiger partial charge in [0.1, 0.15) is 5.75 Å². The molecule has 6 nitrogen and oxygen atoms in total. The maximum Gasteiger partial charge on any atom is 0.317 e. The van der Waals surface area contributed by atoms with Crippen LogP contribution in [0.25, 0.3) is 0 Å². The summed E-state index contributed by atoms with van der Waals surface area (Å²) in [5, 5.41) is 2.91. The molecule has 1 aromatic carbocycles. The quantitative estimate of drug-likeness (QED) is 0.842. The van der Waals surface area contributed by atoms with Crippen molar-refractivity contribution >= 4 is 6.03 Å². The molecule has 0 radical (unpaired) electrons. The monoisotopic (exact) mass is 290 g/mol. The van der Waals surface area contributed by atoms with Gasteiger partial charge >= 0.3 is 6.03 Å². The Bertz CT molecular complexity index is 522. The Morgan fingerprint density at radius 1 is 1.43 bits per heavy atom. The normalized spacial score (nSPS) is 23.6. The van der Waals surface area contributed by atoms with Crippen molar-refractivity contribution in [2.75, 3.05) is 39.8 Å². The molecule has 2 atom stereocenters. The third-order valence-electron chi connectivity index (χ3n) is 4.43. The molecule has 3 rings (SSSR count). The summed E-state index contributed by atoms with van der Waals surface area (Å²) in [5.41, 5.74) is 7.15. The van der Waals surface area contributed by atoms with Crippen molar-refractivity contribution in [3.63, 3.8) is 0 Å². The highest BCUT2D eigenvalue weighted by Crippen LogP contribution is 2.30. The Morgan fingerprint density at radius 3 is 3.00 bits per heavy atom. The molecule has 0 aromatic heterocycles. The first-order valence-electron chi connectivity index (χ1n) is 7.36.